The number of methoxy groups -OCH3 is 1. The van der Waals surface area contributed by atoms with Crippen molar-refractivity contribution in [2.75, 3.05) is 20.7 Å². The lowest BCUT2D eigenvalue weighted by atomic mass is 10.1. The van der Waals surface area contributed by atoms with Crippen LogP contribution in [0.3, 0.4) is 0 Å². The molecule has 1 atom stereocenters. The van der Waals surface area contributed by atoms with Gasteiger partial charge in [-0.25, -0.2) is 8.78 Å². The second-order valence-corrected chi connectivity index (χ2v) is 2.96. The third-order valence-electron chi connectivity index (χ3n) is 1.99. The van der Waals surface area contributed by atoms with Gasteiger partial charge in [0.2, 0.25) is 0 Å². The summed E-state index contributed by atoms with van der Waals surface area (Å²) in [6, 6.07) is 3.77. The predicted molar refractivity (Wildman–Crippen MR) is 50.0 cm³/mol. The summed E-state index contributed by atoms with van der Waals surface area (Å²) in [7, 11) is 3.30. The summed E-state index contributed by atoms with van der Waals surface area (Å²) in [4.78, 5) is 0. The molecule has 0 aromatic heterocycles. The quantitative estimate of drug-likeness (QED) is 0.803. The van der Waals surface area contributed by atoms with Crippen molar-refractivity contribution in [2.24, 2.45) is 0 Å². The van der Waals surface area contributed by atoms with Gasteiger partial charge in [-0.2, -0.15) is 0 Å². The third-order valence-corrected chi connectivity index (χ3v) is 1.99. The fourth-order valence-corrected chi connectivity index (χ4v) is 1.24. The van der Waals surface area contributed by atoms with Gasteiger partial charge >= 0.3 is 0 Å². The highest BCUT2D eigenvalue weighted by atomic mass is 19.2. The van der Waals surface area contributed by atoms with E-state index < -0.39 is 11.6 Å². The Balaban J connectivity index is 2.88. The van der Waals surface area contributed by atoms with Crippen LogP contribution in [0.5, 0.6) is 0 Å². The minimum Gasteiger partial charge on any atom is -0.375 e. The van der Waals surface area contributed by atoms with Crippen molar-refractivity contribution in [1.82, 2.24) is 5.32 Å². The molecule has 0 saturated carbocycles. The van der Waals surface area contributed by atoms with E-state index in [-0.39, 0.29) is 6.10 Å². The van der Waals surface area contributed by atoms with Gasteiger partial charge < -0.3 is 10.1 Å². The lowest BCUT2D eigenvalue weighted by molar-refractivity contribution is 0.104. The molecule has 2 nitrogen and oxygen atoms in total. The third kappa shape index (κ3) is 2.49. The highest BCUT2D eigenvalue weighted by Gasteiger charge is 2.11. The molecule has 0 aliphatic carbocycles. The molecule has 0 radical (unpaired) electrons. The van der Waals surface area contributed by atoms with E-state index in [1.54, 1.807) is 7.05 Å². The van der Waals surface area contributed by atoms with Crippen molar-refractivity contribution < 1.29 is 13.5 Å². The van der Waals surface area contributed by atoms with E-state index in [0.717, 1.165) is 12.1 Å². The monoisotopic (exact) mass is 201 g/mol. The summed E-state index contributed by atoms with van der Waals surface area (Å²) in [5, 5.41) is 2.91. The number of hydrogen-bond acceptors (Lipinski definition) is 2. The highest BCUT2D eigenvalue weighted by Crippen LogP contribution is 2.18. The smallest absolute Gasteiger partial charge is 0.159 e. The summed E-state index contributed by atoms with van der Waals surface area (Å²) >= 11 is 0. The Bertz CT molecular complexity index is 304. The van der Waals surface area contributed by atoms with Crippen LogP contribution in [0.1, 0.15) is 11.7 Å². The van der Waals surface area contributed by atoms with E-state index in [2.05, 4.69) is 5.32 Å². The first-order chi connectivity index (χ1) is 6.69. The van der Waals surface area contributed by atoms with Crippen molar-refractivity contribution in [3.8, 4) is 0 Å². The number of likely N-dealkylation sites (N-methyl/N-ethyl adjacent to an activating group) is 1. The van der Waals surface area contributed by atoms with Crippen LogP contribution in [0, 0.1) is 11.6 Å². The molecule has 1 unspecified atom stereocenters. The molecule has 0 amide bonds. The highest BCUT2D eigenvalue weighted by molar-refractivity contribution is 5.20. The topological polar surface area (TPSA) is 21.3 Å². The predicted octanol–water partition coefficient (Wildman–Crippen LogP) is 1.87. The summed E-state index contributed by atoms with van der Waals surface area (Å²) in [5.74, 6) is -1.69. The number of hydrogen-bond donors (Lipinski definition) is 1. The molecular weight excluding hydrogens is 188 g/mol. The van der Waals surface area contributed by atoms with E-state index in [1.807, 2.05) is 0 Å². The number of halogens is 2. The fraction of sp³-hybridized carbons (Fsp3) is 0.400. The number of ether oxygens (including phenoxy) is 1. The molecule has 0 fully saturated rings. The first-order valence-corrected chi connectivity index (χ1v) is 4.31. The van der Waals surface area contributed by atoms with Crippen molar-refractivity contribution in [3.05, 3.63) is 35.4 Å². The van der Waals surface area contributed by atoms with Crippen molar-refractivity contribution in [1.29, 1.82) is 0 Å². The van der Waals surface area contributed by atoms with Crippen LogP contribution in [0.2, 0.25) is 0 Å². The van der Waals surface area contributed by atoms with Crippen LogP contribution in [-0.2, 0) is 4.74 Å². The van der Waals surface area contributed by atoms with Gasteiger partial charge in [0.1, 0.15) is 0 Å². The van der Waals surface area contributed by atoms with E-state index in [0.29, 0.717) is 12.1 Å². The summed E-state index contributed by atoms with van der Waals surface area (Å²) in [6.45, 7) is 0.557. The summed E-state index contributed by atoms with van der Waals surface area (Å²) < 4.78 is 30.6. The molecule has 0 heterocycles. The molecule has 0 saturated heterocycles. The molecule has 0 spiro atoms. The Morgan fingerprint density at radius 1 is 1.36 bits per heavy atom. The van der Waals surface area contributed by atoms with Gasteiger partial charge in [0, 0.05) is 13.7 Å². The van der Waals surface area contributed by atoms with Crippen molar-refractivity contribution >= 4 is 0 Å². The van der Waals surface area contributed by atoms with Crippen LogP contribution >= 0.6 is 0 Å². The maximum atomic E-state index is 12.9. The average molecular weight is 201 g/mol. The maximum absolute atomic E-state index is 12.9. The fourth-order valence-electron chi connectivity index (χ4n) is 1.24. The molecule has 78 valence electrons. The zero-order valence-corrected chi connectivity index (χ0v) is 8.18. The normalized spacial score (nSPS) is 12.9. The van der Waals surface area contributed by atoms with Gasteiger partial charge in [-0.1, -0.05) is 6.07 Å². The zero-order chi connectivity index (χ0) is 10.6. The number of nitrogens with one attached hydrogen (secondary N) is 1. The molecule has 1 rings (SSSR count). The minimum absolute atomic E-state index is 0.255. The average Bonchev–Trinajstić information content (AvgIpc) is 2.19. The van der Waals surface area contributed by atoms with Gasteiger partial charge in [0.05, 0.1) is 6.10 Å². The molecule has 0 aliphatic heterocycles. The van der Waals surface area contributed by atoms with E-state index in [9.17, 15) is 8.78 Å². The van der Waals surface area contributed by atoms with Gasteiger partial charge in [-0.3, -0.25) is 0 Å². The molecule has 0 aliphatic rings. The lowest BCUT2D eigenvalue weighted by Gasteiger charge is -2.15. The first-order valence-electron chi connectivity index (χ1n) is 4.31. The SMILES string of the molecule is CNCC(OC)c1ccc(F)c(F)c1. The Morgan fingerprint density at radius 3 is 2.57 bits per heavy atom. The first kappa shape index (κ1) is 11.1. The molecule has 4 heteroatoms. The maximum Gasteiger partial charge on any atom is 0.159 e. The van der Waals surface area contributed by atoms with Crippen LogP contribution < -0.4 is 5.32 Å². The summed E-state index contributed by atoms with van der Waals surface area (Å²) in [5.41, 5.74) is 0.626. The Hall–Kier alpha value is -1.00. The molecule has 1 aromatic rings. The standard InChI is InChI=1S/C10H13F2NO/c1-13-6-10(14-2)7-3-4-8(11)9(12)5-7/h3-5,10,13H,6H2,1-2H3. The van der Waals surface area contributed by atoms with E-state index >= 15 is 0 Å². The Labute approximate surface area is 81.9 Å². The van der Waals surface area contributed by atoms with Crippen LogP contribution in [0.25, 0.3) is 0 Å². The Kier molecular flexibility index (Phi) is 3.98. The largest absolute Gasteiger partial charge is 0.375 e. The molecule has 1 N–H and O–H groups in total. The minimum atomic E-state index is -0.847. The molecule has 0 bridgehead atoms. The lowest BCUT2D eigenvalue weighted by Crippen LogP contribution is -2.18. The van der Waals surface area contributed by atoms with Crippen LogP contribution in [0.15, 0.2) is 18.2 Å². The van der Waals surface area contributed by atoms with Gasteiger partial charge in [0.25, 0.3) is 0 Å². The van der Waals surface area contributed by atoms with Crippen LogP contribution in [0.4, 0.5) is 8.78 Å². The molecule has 14 heavy (non-hydrogen) atoms. The number of benzene rings is 1. The van der Waals surface area contributed by atoms with Crippen molar-refractivity contribution in [2.45, 2.75) is 6.10 Å². The molecule has 1 aromatic carbocycles. The van der Waals surface area contributed by atoms with Gasteiger partial charge in [-0.05, 0) is 24.7 Å². The van der Waals surface area contributed by atoms with Crippen molar-refractivity contribution in [3.63, 3.8) is 0 Å². The second-order valence-electron chi connectivity index (χ2n) is 2.96. The summed E-state index contributed by atoms with van der Waals surface area (Å²) in [6.07, 6.45) is -0.255. The van der Waals surface area contributed by atoms with Crippen LogP contribution in [-0.4, -0.2) is 20.7 Å². The van der Waals surface area contributed by atoms with Gasteiger partial charge in [0.15, 0.2) is 11.6 Å². The zero-order valence-electron chi connectivity index (χ0n) is 8.18. The second kappa shape index (κ2) is 5.02. The molecular formula is C10H13F2NO. The van der Waals surface area contributed by atoms with E-state index in [4.69, 9.17) is 4.74 Å². The Morgan fingerprint density at radius 2 is 2.07 bits per heavy atom. The van der Waals surface area contributed by atoms with Gasteiger partial charge in [-0.15, -0.1) is 0 Å². The number of rotatable bonds is 4. The van der Waals surface area contributed by atoms with E-state index in [1.165, 1.54) is 13.2 Å².